The van der Waals surface area contributed by atoms with E-state index in [1.807, 2.05) is 25.7 Å². The zero-order valence-corrected chi connectivity index (χ0v) is 15.4. The molecule has 0 saturated carbocycles. The van der Waals surface area contributed by atoms with E-state index in [0.717, 1.165) is 16.2 Å². The molecule has 1 saturated heterocycles. The lowest BCUT2D eigenvalue weighted by Crippen LogP contribution is -2.53. The van der Waals surface area contributed by atoms with Gasteiger partial charge >= 0.3 is 5.97 Å². The molecule has 0 radical (unpaired) electrons. The molecule has 1 aromatic rings. The lowest BCUT2D eigenvalue weighted by molar-refractivity contribution is -0.144. The Labute approximate surface area is 141 Å². The van der Waals surface area contributed by atoms with Crippen LogP contribution >= 0.6 is 11.3 Å². The number of rotatable bonds is 6. The molecule has 1 N–H and O–H groups in total. The van der Waals surface area contributed by atoms with Crippen LogP contribution in [0.2, 0.25) is 0 Å². The maximum absolute atomic E-state index is 12.8. The van der Waals surface area contributed by atoms with Crippen LogP contribution in [0.3, 0.4) is 0 Å². The van der Waals surface area contributed by atoms with Gasteiger partial charge in [-0.25, -0.2) is 8.42 Å². The minimum absolute atomic E-state index is 0.337. The van der Waals surface area contributed by atoms with Crippen molar-refractivity contribution in [1.82, 2.24) is 9.21 Å². The molecule has 2 rings (SSSR count). The predicted octanol–water partition coefficient (Wildman–Crippen LogP) is 1.92. The highest BCUT2D eigenvalue weighted by Gasteiger charge is 2.34. The van der Waals surface area contributed by atoms with Gasteiger partial charge in [0.25, 0.3) is 0 Å². The highest BCUT2D eigenvalue weighted by atomic mass is 32.2. The van der Waals surface area contributed by atoms with Crippen molar-refractivity contribution in [2.45, 2.75) is 44.6 Å². The largest absolute Gasteiger partial charge is 0.480 e. The molecule has 0 aliphatic carbocycles. The third-order valence-corrected chi connectivity index (χ3v) is 7.29. The second kappa shape index (κ2) is 7.29. The van der Waals surface area contributed by atoms with Crippen molar-refractivity contribution in [1.29, 1.82) is 0 Å². The first-order valence-electron chi connectivity index (χ1n) is 7.81. The van der Waals surface area contributed by atoms with Gasteiger partial charge in [0.2, 0.25) is 10.0 Å². The number of hydrogen-bond acceptors (Lipinski definition) is 5. The Morgan fingerprint density at radius 3 is 2.35 bits per heavy atom. The lowest BCUT2D eigenvalue weighted by Gasteiger charge is -2.37. The molecule has 1 fully saturated rings. The van der Waals surface area contributed by atoms with Crippen LogP contribution in [0.15, 0.2) is 11.0 Å². The van der Waals surface area contributed by atoms with Crippen molar-refractivity contribution < 1.29 is 18.3 Å². The van der Waals surface area contributed by atoms with Gasteiger partial charge in [0, 0.05) is 35.9 Å². The first kappa shape index (κ1) is 18.4. The van der Waals surface area contributed by atoms with E-state index in [4.69, 9.17) is 0 Å². The summed E-state index contributed by atoms with van der Waals surface area (Å²) in [6.07, 6.45) is 1.38. The minimum atomic E-state index is -3.48. The molecule has 1 aromatic heterocycles. The van der Waals surface area contributed by atoms with E-state index in [1.54, 1.807) is 6.07 Å². The van der Waals surface area contributed by atoms with E-state index in [0.29, 0.717) is 37.5 Å². The maximum Gasteiger partial charge on any atom is 0.320 e. The van der Waals surface area contributed by atoms with Gasteiger partial charge in [-0.05, 0) is 26.3 Å². The molecule has 1 aliphatic rings. The predicted molar refractivity (Wildman–Crippen MR) is 90.5 cm³/mol. The van der Waals surface area contributed by atoms with E-state index < -0.39 is 22.0 Å². The fourth-order valence-corrected chi connectivity index (χ4v) is 5.94. The zero-order valence-electron chi connectivity index (χ0n) is 13.8. The number of thiophene rings is 1. The first-order valence-corrected chi connectivity index (χ1v) is 10.1. The van der Waals surface area contributed by atoms with Crippen LogP contribution in [0.4, 0.5) is 0 Å². The number of sulfonamides is 1. The summed E-state index contributed by atoms with van der Waals surface area (Å²) in [5.41, 5.74) is 0. The lowest BCUT2D eigenvalue weighted by atomic mass is 10.1. The van der Waals surface area contributed by atoms with Gasteiger partial charge in [0.05, 0.1) is 4.90 Å². The van der Waals surface area contributed by atoms with Gasteiger partial charge in [0.15, 0.2) is 0 Å². The minimum Gasteiger partial charge on any atom is -0.480 e. The molecule has 1 unspecified atom stereocenters. The van der Waals surface area contributed by atoms with Crippen molar-refractivity contribution in [3.8, 4) is 0 Å². The Morgan fingerprint density at radius 2 is 1.91 bits per heavy atom. The second-order valence-corrected chi connectivity index (χ2v) is 9.23. The number of aliphatic carboxylic acids is 1. The monoisotopic (exact) mass is 360 g/mol. The van der Waals surface area contributed by atoms with Crippen molar-refractivity contribution in [2.24, 2.45) is 0 Å². The Bertz CT molecular complexity index is 661. The van der Waals surface area contributed by atoms with Crippen LogP contribution in [-0.4, -0.2) is 60.9 Å². The van der Waals surface area contributed by atoms with Crippen LogP contribution in [0.25, 0.3) is 0 Å². The summed E-state index contributed by atoms with van der Waals surface area (Å²) in [6.45, 7) is 7.27. The number of aryl methyl sites for hydroxylation is 2. The third-order valence-electron chi connectivity index (χ3n) is 4.17. The zero-order chi connectivity index (χ0) is 17.2. The van der Waals surface area contributed by atoms with Gasteiger partial charge in [-0.2, -0.15) is 4.31 Å². The number of nitrogens with zero attached hydrogens (tertiary/aromatic N) is 2. The molecule has 0 aromatic carbocycles. The molecule has 2 heterocycles. The van der Waals surface area contributed by atoms with Crippen molar-refractivity contribution in [3.05, 3.63) is 15.8 Å². The topological polar surface area (TPSA) is 77.9 Å². The van der Waals surface area contributed by atoms with E-state index in [-0.39, 0.29) is 0 Å². The summed E-state index contributed by atoms with van der Waals surface area (Å²) < 4.78 is 27.0. The average molecular weight is 361 g/mol. The van der Waals surface area contributed by atoms with Crippen LogP contribution in [0.5, 0.6) is 0 Å². The molecule has 1 aliphatic heterocycles. The van der Waals surface area contributed by atoms with E-state index >= 15 is 0 Å². The molecular formula is C15H24N2O4S2. The number of carboxylic acids is 1. The standard InChI is InChI=1S/C15H24N2O4S2/c1-4-5-13(15(18)19)16-6-8-17(9-7-16)23(20,21)14-10-11(2)22-12(14)3/h10,13H,4-9H2,1-3H3,(H,18,19). The molecular weight excluding hydrogens is 336 g/mol. The molecule has 6 nitrogen and oxygen atoms in total. The van der Waals surface area contributed by atoms with E-state index in [2.05, 4.69) is 0 Å². The molecule has 8 heteroatoms. The van der Waals surface area contributed by atoms with Crippen molar-refractivity contribution in [3.63, 3.8) is 0 Å². The normalized spacial score (nSPS) is 18.9. The summed E-state index contributed by atoms with van der Waals surface area (Å²) in [5, 5.41) is 9.33. The highest BCUT2D eigenvalue weighted by Crippen LogP contribution is 2.28. The quantitative estimate of drug-likeness (QED) is 0.839. The van der Waals surface area contributed by atoms with Crippen LogP contribution in [-0.2, 0) is 14.8 Å². The maximum atomic E-state index is 12.8. The van der Waals surface area contributed by atoms with Crippen LogP contribution in [0, 0.1) is 13.8 Å². The van der Waals surface area contributed by atoms with Crippen LogP contribution < -0.4 is 0 Å². The molecule has 0 spiro atoms. The highest BCUT2D eigenvalue weighted by molar-refractivity contribution is 7.89. The summed E-state index contributed by atoms with van der Waals surface area (Å²) in [7, 11) is -3.48. The molecule has 0 amide bonds. The first-order chi connectivity index (χ1) is 10.8. The van der Waals surface area contributed by atoms with Gasteiger partial charge in [0.1, 0.15) is 6.04 Å². The summed E-state index contributed by atoms with van der Waals surface area (Å²) in [5.74, 6) is -0.826. The van der Waals surface area contributed by atoms with Crippen LogP contribution in [0.1, 0.15) is 29.5 Å². The Morgan fingerprint density at radius 1 is 1.30 bits per heavy atom. The SMILES string of the molecule is CCCC(C(=O)O)N1CCN(S(=O)(=O)c2cc(C)sc2C)CC1. The van der Waals surface area contributed by atoms with E-state index in [1.165, 1.54) is 15.6 Å². The molecule has 1 atom stereocenters. The average Bonchev–Trinajstić information content (AvgIpc) is 2.84. The number of carbonyl (C=O) groups is 1. The summed E-state index contributed by atoms with van der Waals surface area (Å²) in [6, 6.07) is 1.20. The number of hydrogen-bond donors (Lipinski definition) is 1. The van der Waals surface area contributed by atoms with Gasteiger partial charge in [-0.15, -0.1) is 11.3 Å². The van der Waals surface area contributed by atoms with Crippen molar-refractivity contribution in [2.75, 3.05) is 26.2 Å². The molecule has 130 valence electrons. The third kappa shape index (κ3) is 3.93. The molecule has 23 heavy (non-hydrogen) atoms. The summed E-state index contributed by atoms with van der Waals surface area (Å²) in [4.78, 5) is 15.4. The van der Waals surface area contributed by atoms with Gasteiger partial charge in [-0.1, -0.05) is 13.3 Å². The second-order valence-electron chi connectivity index (χ2n) is 5.86. The van der Waals surface area contributed by atoms with E-state index in [9.17, 15) is 18.3 Å². The Kier molecular flexibility index (Phi) is 5.83. The molecule has 0 bridgehead atoms. The smallest absolute Gasteiger partial charge is 0.320 e. The fraction of sp³-hybridized carbons (Fsp3) is 0.667. The Balaban J connectivity index is 2.09. The summed E-state index contributed by atoms with van der Waals surface area (Å²) >= 11 is 1.48. The Hall–Kier alpha value is -0.960. The fourth-order valence-electron chi connectivity index (χ4n) is 2.99. The number of carboxylic acid groups (broad SMARTS) is 1. The van der Waals surface area contributed by atoms with Gasteiger partial charge < -0.3 is 5.11 Å². The number of piperazine rings is 1. The van der Waals surface area contributed by atoms with Gasteiger partial charge in [-0.3, -0.25) is 9.69 Å². The van der Waals surface area contributed by atoms with Crippen molar-refractivity contribution >= 4 is 27.3 Å².